The first-order valence-electron chi connectivity index (χ1n) is 8.30. The molecule has 0 bridgehead atoms. The number of fused-ring (bicyclic) bond motifs is 4. The summed E-state index contributed by atoms with van der Waals surface area (Å²) in [5.41, 5.74) is 5.75. The smallest absolute Gasteiger partial charge is 0.142 e. The number of aliphatic imine (C=N–C) groups is 2. The van der Waals surface area contributed by atoms with Crippen molar-refractivity contribution in [2.45, 2.75) is 12.8 Å². The van der Waals surface area contributed by atoms with E-state index in [1.807, 2.05) is 0 Å². The highest BCUT2D eigenvalue weighted by Crippen LogP contribution is 2.38. The summed E-state index contributed by atoms with van der Waals surface area (Å²) in [6, 6.07) is 15.0. The summed E-state index contributed by atoms with van der Waals surface area (Å²) in [5.74, 6) is 1.70. The van der Waals surface area contributed by atoms with E-state index < -0.39 is 0 Å². The van der Waals surface area contributed by atoms with E-state index in [4.69, 9.17) is 9.98 Å². The van der Waals surface area contributed by atoms with Gasteiger partial charge in [-0.05, 0) is 42.7 Å². The van der Waals surface area contributed by atoms with E-state index in [1.54, 1.807) is 12.1 Å². The topological polar surface area (TPSA) is 28.0 Å². The minimum absolute atomic E-state index is 0.228. The Labute approximate surface area is 139 Å². The molecule has 0 unspecified atom stereocenters. The summed E-state index contributed by atoms with van der Waals surface area (Å²) >= 11 is 0. The molecule has 2 aromatic carbocycles. The Balaban J connectivity index is 1.72. The van der Waals surface area contributed by atoms with Gasteiger partial charge in [0.1, 0.15) is 17.5 Å². The Morgan fingerprint density at radius 2 is 1.75 bits per heavy atom. The number of benzene rings is 2. The molecule has 0 spiro atoms. The second-order valence-electron chi connectivity index (χ2n) is 6.28. The molecule has 5 rings (SSSR count). The molecule has 3 nitrogen and oxygen atoms in total. The van der Waals surface area contributed by atoms with Crippen LogP contribution in [0.4, 0.5) is 4.39 Å². The molecule has 0 aromatic heterocycles. The molecule has 24 heavy (non-hydrogen) atoms. The fourth-order valence-corrected chi connectivity index (χ4v) is 3.75. The first kappa shape index (κ1) is 13.7. The zero-order valence-corrected chi connectivity index (χ0v) is 13.2. The Kier molecular flexibility index (Phi) is 2.92. The largest absolute Gasteiger partial charge is 0.309 e. The van der Waals surface area contributed by atoms with Crippen molar-refractivity contribution in [2.75, 3.05) is 13.1 Å². The highest BCUT2D eigenvalue weighted by Gasteiger charge is 2.34. The minimum Gasteiger partial charge on any atom is -0.309 e. The van der Waals surface area contributed by atoms with Gasteiger partial charge in [0.2, 0.25) is 0 Å². The molecule has 3 aliphatic rings. The predicted octanol–water partition coefficient (Wildman–Crippen LogP) is 3.66. The lowest BCUT2D eigenvalue weighted by Crippen LogP contribution is -2.39. The lowest BCUT2D eigenvalue weighted by Gasteiger charge is -2.32. The third kappa shape index (κ3) is 1.96. The predicted molar refractivity (Wildman–Crippen MR) is 93.6 cm³/mol. The maximum absolute atomic E-state index is 13.3. The average Bonchev–Trinajstić information content (AvgIpc) is 3.11. The number of rotatable bonds is 1. The molecule has 4 heteroatoms. The zero-order chi connectivity index (χ0) is 16.1. The summed E-state index contributed by atoms with van der Waals surface area (Å²) in [6.45, 7) is 1.62. The van der Waals surface area contributed by atoms with Crippen LogP contribution < -0.4 is 0 Å². The number of hydrogen-bond acceptors (Lipinski definition) is 3. The van der Waals surface area contributed by atoms with E-state index in [0.29, 0.717) is 0 Å². The molecule has 0 radical (unpaired) electrons. The summed E-state index contributed by atoms with van der Waals surface area (Å²) in [7, 11) is 0. The normalized spacial score (nSPS) is 18.6. The minimum atomic E-state index is -0.228. The second-order valence-corrected chi connectivity index (χ2v) is 6.28. The van der Waals surface area contributed by atoms with Crippen molar-refractivity contribution in [3.63, 3.8) is 0 Å². The van der Waals surface area contributed by atoms with Crippen LogP contribution in [0.25, 0.3) is 5.70 Å². The maximum Gasteiger partial charge on any atom is 0.142 e. The fraction of sp³-hybridized carbons (Fsp3) is 0.200. The number of aryl methyl sites for hydroxylation is 1. The lowest BCUT2D eigenvalue weighted by molar-refractivity contribution is 0.626. The molecule has 2 aromatic rings. The van der Waals surface area contributed by atoms with Gasteiger partial charge in [-0.25, -0.2) is 9.38 Å². The quantitative estimate of drug-likeness (QED) is 0.789. The molecule has 0 N–H and O–H groups in total. The number of nitrogens with zero attached hydrogens (tertiary/aromatic N) is 3. The molecule has 2 aliphatic heterocycles. The van der Waals surface area contributed by atoms with Crippen LogP contribution in [0, 0.1) is 5.82 Å². The van der Waals surface area contributed by atoms with Crippen LogP contribution in [-0.2, 0) is 6.42 Å². The highest BCUT2D eigenvalue weighted by atomic mass is 19.1. The van der Waals surface area contributed by atoms with Crippen LogP contribution >= 0.6 is 0 Å². The number of halogens is 1. The molecule has 0 atom stereocenters. The Morgan fingerprint density at radius 1 is 0.917 bits per heavy atom. The lowest BCUT2D eigenvalue weighted by atomic mass is 9.87. The van der Waals surface area contributed by atoms with Crippen LogP contribution in [0.15, 0.2) is 64.1 Å². The number of hydrogen-bond donors (Lipinski definition) is 0. The van der Waals surface area contributed by atoms with E-state index >= 15 is 0 Å². The van der Waals surface area contributed by atoms with Crippen molar-refractivity contribution >= 4 is 17.4 Å². The maximum atomic E-state index is 13.3. The fourth-order valence-electron chi connectivity index (χ4n) is 3.75. The molecule has 0 amide bonds. The highest BCUT2D eigenvalue weighted by molar-refractivity contribution is 6.22. The molecular formula is C20H16FN3. The van der Waals surface area contributed by atoms with Gasteiger partial charge < -0.3 is 4.90 Å². The molecule has 0 fully saturated rings. The van der Waals surface area contributed by atoms with Crippen molar-refractivity contribution < 1.29 is 4.39 Å². The summed E-state index contributed by atoms with van der Waals surface area (Å²) < 4.78 is 13.3. The molecule has 0 saturated carbocycles. The van der Waals surface area contributed by atoms with Crippen molar-refractivity contribution in [1.82, 2.24) is 4.90 Å². The monoisotopic (exact) mass is 317 g/mol. The third-order valence-electron chi connectivity index (χ3n) is 4.89. The van der Waals surface area contributed by atoms with E-state index in [0.717, 1.165) is 48.9 Å². The van der Waals surface area contributed by atoms with Gasteiger partial charge in [-0.3, -0.25) is 4.99 Å². The van der Waals surface area contributed by atoms with Crippen molar-refractivity contribution in [3.05, 3.63) is 76.6 Å². The van der Waals surface area contributed by atoms with Crippen LogP contribution in [0.2, 0.25) is 0 Å². The van der Waals surface area contributed by atoms with Crippen LogP contribution in [-0.4, -0.2) is 29.7 Å². The summed E-state index contributed by atoms with van der Waals surface area (Å²) in [5, 5.41) is 0. The zero-order valence-electron chi connectivity index (χ0n) is 13.2. The van der Waals surface area contributed by atoms with Crippen molar-refractivity contribution in [2.24, 2.45) is 9.98 Å². The second kappa shape index (κ2) is 5.13. The first-order chi connectivity index (χ1) is 11.8. The molecular weight excluding hydrogens is 301 g/mol. The van der Waals surface area contributed by atoms with Gasteiger partial charge in [0, 0.05) is 23.2 Å². The molecule has 0 saturated heterocycles. The van der Waals surface area contributed by atoms with Gasteiger partial charge in [0.15, 0.2) is 0 Å². The molecule has 118 valence electrons. The van der Waals surface area contributed by atoms with Gasteiger partial charge in [-0.2, -0.15) is 0 Å². The number of amidine groups is 2. The van der Waals surface area contributed by atoms with Gasteiger partial charge in [-0.15, -0.1) is 0 Å². The van der Waals surface area contributed by atoms with Gasteiger partial charge >= 0.3 is 0 Å². The van der Waals surface area contributed by atoms with E-state index in [9.17, 15) is 4.39 Å². The van der Waals surface area contributed by atoms with E-state index in [1.165, 1.54) is 28.8 Å². The van der Waals surface area contributed by atoms with Crippen molar-refractivity contribution in [1.29, 1.82) is 0 Å². The Hall–Kier alpha value is -2.75. The van der Waals surface area contributed by atoms with Gasteiger partial charge in [0.25, 0.3) is 0 Å². The average molecular weight is 317 g/mol. The third-order valence-corrected chi connectivity index (χ3v) is 4.89. The summed E-state index contributed by atoms with van der Waals surface area (Å²) in [6.07, 6.45) is 2.01. The van der Waals surface area contributed by atoms with Gasteiger partial charge in [0.05, 0.1) is 12.2 Å². The SMILES string of the molecule is Fc1ccc(C2=NC3=C(CCc4ccccc43)C3=NCCN32)cc1. The first-order valence-corrected chi connectivity index (χ1v) is 8.30. The molecule has 2 heterocycles. The van der Waals surface area contributed by atoms with Crippen LogP contribution in [0.1, 0.15) is 23.1 Å². The molecule has 1 aliphatic carbocycles. The van der Waals surface area contributed by atoms with Crippen LogP contribution in [0.5, 0.6) is 0 Å². The summed E-state index contributed by atoms with van der Waals surface area (Å²) in [4.78, 5) is 11.9. The van der Waals surface area contributed by atoms with Gasteiger partial charge in [-0.1, -0.05) is 24.3 Å². The van der Waals surface area contributed by atoms with Crippen molar-refractivity contribution in [3.8, 4) is 0 Å². The van der Waals surface area contributed by atoms with E-state index in [2.05, 4.69) is 29.2 Å². The van der Waals surface area contributed by atoms with Crippen LogP contribution in [0.3, 0.4) is 0 Å². The standard InChI is InChI=1S/C20H16FN3/c21-15-8-5-14(6-9-15)19-23-18-16-4-2-1-3-13(16)7-10-17(18)20-22-11-12-24(19)20/h1-6,8-9H,7,10-12H2. The van der Waals surface area contributed by atoms with E-state index in [-0.39, 0.29) is 5.82 Å². The Bertz CT molecular complexity index is 922. The Morgan fingerprint density at radius 3 is 2.62 bits per heavy atom.